The second-order valence-corrected chi connectivity index (χ2v) is 7.40. The third-order valence-electron chi connectivity index (χ3n) is 5.07. The molecular formula is C21H21ClN2O3. The highest BCUT2D eigenvalue weighted by molar-refractivity contribution is 6.30. The zero-order valence-corrected chi connectivity index (χ0v) is 15.7. The van der Waals surface area contributed by atoms with E-state index in [-0.39, 0.29) is 11.8 Å². The van der Waals surface area contributed by atoms with Crippen LogP contribution in [0.4, 0.5) is 5.69 Å². The largest absolute Gasteiger partial charge is 0.368 e. The number of amides is 2. The molecule has 0 aromatic heterocycles. The summed E-state index contributed by atoms with van der Waals surface area (Å²) in [4.78, 5) is 27.0. The van der Waals surface area contributed by atoms with E-state index in [0.29, 0.717) is 36.0 Å². The molecule has 0 radical (unpaired) electrons. The van der Waals surface area contributed by atoms with Crippen LogP contribution in [0, 0.1) is 0 Å². The van der Waals surface area contributed by atoms with Crippen molar-refractivity contribution in [3.8, 4) is 0 Å². The maximum Gasteiger partial charge on any atom is 0.254 e. The molecule has 2 heterocycles. The highest BCUT2D eigenvalue weighted by Gasteiger charge is 2.25. The Kier molecular flexibility index (Phi) is 5.14. The Morgan fingerprint density at radius 2 is 2.04 bits per heavy atom. The molecule has 0 saturated carbocycles. The van der Waals surface area contributed by atoms with Gasteiger partial charge in [0.25, 0.3) is 11.8 Å². The fourth-order valence-corrected chi connectivity index (χ4v) is 3.81. The van der Waals surface area contributed by atoms with Crippen LogP contribution in [0.15, 0.2) is 42.5 Å². The van der Waals surface area contributed by atoms with Gasteiger partial charge in [-0.1, -0.05) is 23.7 Å². The van der Waals surface area contributed by atoms with Crippen molar-refractivity contribution in [2.24, 2.45) is 0 Å². The van der Waals surface area contributed by atoms with Crippen LogP contribution in [0.2, 0.25) is 5.02 Å². The summed E-state index contributed by atoms with van der Waals surface area (Å²) in [6.45, 7) is 1.83. The van der Waals surface area contributed by atoms with Gasteiger partial charge in [0.15, 0.2) is 0 Å². The lowest BCUT2D eigenvalue weighted by Crippen LogP contribution is -2.36. The van der Waals surface area contributed by atoms with Crippen LogP contribution in [0.25, 0.3) is 0 Å². The zero-order chi connectivity index (χ0) is 18.8. The van der Waals surface area contributed by atoms with E-state index in [0.717, 1.165) is 24.8 Å². The van der Waals surface area contributed by atoms with Crippen molar-refractivity contribution in [1.82, 2.24) is 4.90 Å². The second-order valence-electron chi connectivity index (χ2n) is 6.96. The molecule has 1 N–H and O–H groups in total. The molecule has 1 atom stereocenters. The van der Waals surface area contributed by atoms with Crippen LogP contribution >= 0.6 is 11.6 Å². The molecule has 0 bridgehead atoms. The Morgan fingerprint density at radius 1 is 1.15 bits per heavy atom. The first-order valence-electron chi connectivity index (χ1n) is 9.19. The standard InChI is InChI=1S/C21H21ClN2O3/c22-17-7-6-14-8-9-24(13-16(14)11-17)21(26)15-3-1-4-18(12-15)23-20(25)19-5-2-10-27-19/h1,3-4,6-7,11-12,19H,2,5,8-10,13H2,(H,23,25)/t19-/m1/s1. The molecule has 4 rings (SSSR count). The van der Waals surface area contributed by atoms with E-state index < -0.39 is 6.10 Å². The molecule has 2 amide bonds. The number of halogens is 1. The number of fused-ring (bicyclic) bond motifs is 1. The highest BCUT2D eigenvalue weighted by atomic mass is 35.5. The maximum absolute atomic E-state index is 12.9. The Morgan fingerprint density at radius 3 is 2.85 bits per heavy atom. The van der Waals surface area contributed by atoms with E-state index in [1.165, 1.54) is 5.56 Å². The highest BCUT2D eigenvalue weighted by Crippen LogP contribution is 2.24. The summed E-state index contributed by atoms with van der Waals surface area (Å²) in [5.41, 5.74) is 3.50. The number of nitrogens with one attached hydrogen (secondary N) is 1. The molecule has 0 spiro atoms. The summed E-state index contributed by atoms with van der Waals surface area (Å²) in [5.74, 6) is -0.201. The number of benzene rings is 2. The molecule has 1 fully saturated rings. The van der Waals surface area contributed by atoms with Crippen LogP contribution < -0.4 is 5.32 Å². The lowest BCUT2D eigenvalue weighted by molar-refractivity contribution is -0.124. The van der Waals surface area contributed by atoms with Crippen molar-refractivity contribution in [3.63, 3.8) is 0 Å². The minimum absolute atomic E-state index is 0.0474. The summed E-state index contributed by atoms with van der Waals surface area (Å²) >= 11 is 6.09. The van der Waals surface area contributed by atoms with E-state index in [9.17, 15) is 9.59 Å². The lowest BCUT2D eigenvalue weighted by Gasteiger charge is -2.29. The molecule has 6 heteroatoms. The van der Waals surface area contributed by atoms with Gasteiger partial charge in [-0.05, 0) is 60.7 Å². The Bertz CT molecular complexity index is 877. The van der Waals surface area contributed by atoms with Crippen molar-refractivity contribution >= 4 is 29.1 Å². The predicted molar refractivity (Wildman–Crippen MR) is 104 cm³/mol. The third kappa shape index (κ3) is 3.99. The maximum atomic E-state index is 12.9. The number of carbonyl (C=O) groups is 2. The zero-order valence-electron chi connectivity index (χ0n) is 14.9. The molecular weight excluding hydrogens is 364 g/mol. The van der Waals surface area contributed by atoms with Gasteiger partial charge in [-0.3, -0.25) is 9.59 Å². The molecule has 2 aromatic carbocycles. The number of hydrogen-bond donors (Lipinski definition) is 1. The topological polar surface area (TPSA) is 58.6 Å². The van der Waals surface area contributed by atoms with Crippen LogP contribution in [0.5, 0.6) is 0 Å². The van der Waals surface area contributed by atoms with Gasteiger partial charge in [-0.15, -0.1) is 0 Å². The molecule has 27 heavy (non-hydrogen) atoms. The molecule has 2 aliphatic heterocycles. The SMILES string of the molecule is O=C(Nc1cccc(C(=O)N2CCc3ccc(Cl)cc3C2)c1)[C@H]1CCCO1. The number of carbonyl (C=O) groups excluding carboxylic acids is 2. The number of nitrogens with zero attached hydrogens (tertiary/aromatic N) is 1. The van der Waals surface area contributed by atoms with Crippen molar-refractivity contribution in [3.05, 3.63) is 64.2 Å². The van der Waals surface area contributed by atoms with Gasteiger partial charge in [0.1, 0.15) is 6.10 Å². The van der Waals surface area contributed by atoms with E-state index in [2.05, 4.69) is 5.32 Å². The third-order valence-corrected chi connectivity index (χ3v) is 5.30. The minimum atomic E-state index is -0.396. The first-order chi connectivity index (χ1) is 13.1. The first-order valence-corrected chi connectivity index (χ1v) is 9.57. The van der Waals surface area contributed by atoms with Gasteiger partial charge in [0, 0.05) is 36.0 Å². The number of hydrogen-bond acceptors (Lipinski definition) is 3. The Hall–Kier alpha value is -2.37. The van der Waals surface area contributed by atoms with E-state index in [1.54, 1.807) is 24.3 Å². The number of ether oxygens (including phenoxy) is 1. The first kappa shape index (κ1) is 18.0. The van der Waals surface area contributed by atoms with Crippen LogP contribution in [0.1, 0.15) is 34.3 Å². The van der Waals surface area contributed by atoms with Gasteiger partial charge in [-0.2, -0.15) is 0 Å². The van der Waals surface area contributed by atoms with E-state index in [1.807, 2.05) is 23.1 Å². The lowest BCUT2D eigenvalue weighted by atomic mass is 9.99. The molecule has 1 saturated heterocycles. The van der Waals surface area contributed by atoms with Crippen LogP contribution in [0.3, 0.4) is 0 Å². The van der Waals surface area contributed by atoms with Gasteiger partial charge < -0.3 is 15.0 Å². The average Bonchev–Trinajstić information content (AvgIpc) is 3.22. The summed E-state index contributed by atoms with van der Waals surface area (Å²) in [6.07, 6.45) is 2.05. The van der Waals surface area contributed by atoms with Crippen molar-refractivity contribution in [1.29, 1.82) is 0 Å². The molecule has 2 aliphatic rings. The second kappa shape index (κ2) is 7.71. The average molecular weight is 385 g/mol. The van der Waals surface area contributed by atoms with Gasteiger partial charge in [0.2, 0.25) is 0 Å². The van der Waals surface area contributed by atoms with Crippen LogP contribution in [-0.4, -0.2) is 36.0 Å². The fraction of sp³-hybridized carbons (Fsp3) is 0.333. The van der Waals surface area contributed by atoms with Crippen molar-refractivity contribution in [2.45, 2.75) is 31.9 Å². The van der Waals surface area contributed by atoms with E-state index in [4.69, 9.17) is 16.3 Å². The smallest absolute Gasteiger partial charge is 0.254 e. The monoisotopic (exact) mass is 384 g/mol. The molecule has 0 unspecified atom stereocenters. The van der Waals surface area contributed by atoms with Crippen LogP contribution in [-0.2, 0) is 22.5 Å². The number of anilines is 1. The van der Waals surface area contributed by atoms with Gasteiger partial charge in [0.05, 0.1) is 0 Å². The predicted octanol–water partition coefficient (Wildman–Crippen LogP) is 3.66. The van der Waals surface area contributed by atoms with Gasteiger partial charge >= 0.3 is 0 Å². The summed E-state index contributed by atoms with van der Waals surface area (Å²) in [6, 6.07) is 12.9. The molecule has 5 nitrogen and oxygen atoms in total. The summed E-state index contributed by atoms with van der Waals surface area (Å²) < 4.78 is 5.40. The Labute approximate surface area is 163 Å². The Balaban J connectivity index is 1.47. The van der Waals surface area contributed by atoms with E-state index >= 15 is 0 Å². The fourth-order valence-electron chi connectivity index (χ4n) is 3.62. The summed E-state index contributed by atoms with van der Waals surface area (Å²) in [7, 11) is 0. The molecule has 2 aromatic rings. The van der Waals surface area contributed by atoms with Crippen molar-refractivity contribution < 1.29 is 14.3 Å². The number of rotatable bonds is 3. The molecule has 0 aliphatic carbocycles. The normalized spacial score (nSPS) is 18.9. The quantitative estimate of drug-likeness (QED) is 0.878. The minimum Gasteiger partial charge on any atom is -0.368 e. The summed E-state index contributed by atoms with van der Waals surface area (Å²) in [5, 5.41) is 3.54. The molecule has 140 valence electrons. The van der Waals surface area contributed by atoms with Gasteiger partial charge in [-0.25, -0.2) is 0 Å². The van der Waals surface area contributed by atoms with Crippen molar-refractivity contribution in [2.75, 3.05) is 18.5 Å².